The number of nitrogens with zero attached hydrogens (tertiary/aromatic N) is 1. The smallest absolute Gasteiger partial charge is 0.246 e. The van der Waals surface area contributed by atoms with Gasteiger partial charge in [0.05, 0.1) is 36.7 Å². The van der Waals surface area contributed by atoms with Crippen LogP contribution in [0.1, 0.15) is 66.7 Å². The molecule has 3 saturated heterocycles. The summed E-state index contributed by atoms with van der Waals surface area (Å²) >= 11 is 0. The van der Waals surface area contributed by atoms with Gasteiger partial charge in [0.25, 0.3) is 0 Å². The lowest BCUT2D eigenvalue weighted by Crippen LogP contribution is -2.59. The predicted molar refractivity (Wildman–Crippen MR) is 139 cm³/mol. The Morgan fingerprint density at radius 1 is 1.19 bits per heavy atom. The molecule has 0 aromatic heterocycles. The minimum atomic E-state index is -1.11. The van der Waals surface area contributed by atoms with Crippen LogP contribution < -0.4 is 15.4 Å². The topological polar surface area (TPSA) is 117 Å². The first kappa shape index (κ1) is 27.4. The zero-order valence-corrected chi connectivity index (χ0v) is 22.6. The van der Waals surface area contributed by atoms with E-state index in [-0.39, 0.29) is 30.4 Å². The highest BCUT2D eigenvalue weighted by Crippen LogP contribution is 2.63. The molecule has 9 heteroatoms. The Morgan fingerprint density at radius 2 is 1.89 bits per heavy atom. The van der Waals surface area contributed by atoms with Gasteiger partial charge in [-0.05, 0) is 70.7 Å². The third-order valence-corrected chi connectivity index (χ3v) is 8.36. The number of fused-ring (bicyclic) bond motifs is 1. The molecule has 3 fully saturated rings. The molecule has 1 aromatic rings. The summed E-state index contributed by atoms with van der Waals surface area (Å²) in [6, 6.07) is 5.61. The molecule has 3 aliphatic rings. The van der Waals surface area contributed by atoms with Crippen molar-refractivity contribution in [3.8, 4) is 5.75 Å². The van der Waals surface area contributed by atoms with Crippen molar-refractivity contribution in [3.05, 3.63) is 24.3 Å². The quantitative estimate of drug-likeness (QED) is 0.417. The Labute approximate surface area is 219 Å². The molecule has 3 heterocycles. The average Bonchev–Trinajstić information content (AvgIpc) is 3.42. The van der Waals surface area contributed by atoms with Crippen LogP contribution in [0.5, 0.6) is 5.75 Å². The highest BCUT2D eigenvalue weighted by atomic mass is 16.5. The van der Waals surface area contributed by atoms with E-state index in [1.807, 2.05) is 27.7 Å². The summed E-state index contributed by atoms with van der Waals surface area (Å²) in [5.41, 5.74) is -1.37. The van der Waals surface area contributed by atoms with Crippen molar-refractivity contribution in [3.63, 3.8) is 0 Å². The van der Waals surface area contributed by atoms with Gasteiger partial charge in [-0.2, -0.15) is 0 Å². The molecule has 0 saturated carbocycles. The van der Waals surface area contributed by atoms with E-state index in [1.54, 1.807) is 24.3 Å². The van der Waals surface area contributed by atoms with E-state index in [4.69, 9.17) is 9.47 Å². The van der Waals surface area contributed by atoms with E-state index < -0.39 is 35.1 Å². The van der Waals surface area contributed by atoms with Crippen molar-refractivity contribution in [1.82, 2.24) is 10.2 Å². The largest absolute Gasteiger partial charge is 0.494 e. The molecule has 4 rings (SSSR count). The Bertz CT molecular complexity index is 1010. The molecule has 7 atom stereocenters. The van der Waals surface area contributed by atoms with Gasteiger partial charge in [0.15, 0.2) is 0 Å². The molecule has 0 aliphatic carbocycles. The fourth-order valence-electron chi connectivity index (χ4n) is 6.72. The van der Waals surface area contributed by atoms with Crippen molar-refractivity contribution in [2.75, 3.05) is 18.5 Å². The number of anilines is 1. The highest BCUT2D eigenvalue weighted by Gasteiger charge is 2.78. The van der Waals surface area contributed by atoms with Crippen LogP contribution in [0.3, 0.4) is 0 Å². The second-order valence-corrected chi connectivity index (χ2v) is 10.9. The molecular weight excluding hydrogens is 474 g/mol. The van der Waals surface area contributed by atoms with Crippen molar-refractivity contribution >= 4 is 23.4 Å². The van der Waals surface area contributed by atoms with Gasteiger partial charge in [0, 0.05) is 11.7 Å². The maximum Gasteiger partial charge on any atom is 0.246 e. The number of aliphatic hydroxyl groups is 1. The number of nitrogens with one attached hydrogen (secondary N) is 2. The maximum atomic E-state index is 14.0. The Balaban J connectivity index is 1.67. The molecular formula is C28H41N3O6. The standard InChI is InChI=1S/C28H41N3O6/c1-6-9-17(4)29-25(34)23-28-15-14-27(5,37-28)21(22(28)26(35)31(23)19(7-2)16-32)24(33)30-18-10-12-20(13-11-18)36-8-3/h10-13,17,19,21-23,32H,6-9,14-16H2,1-5H3,(H,29,34)(H,30,33)/t17?,19-,21+,22-,23?,27-,28?/m0/s1. The average molecular weight is 516 g/mol. The number of aliphatic hydroxyl groups excluding tert-OH is 1. The van der Waals surface area contributed by atoms with Crippen LogP contribution in [0.4, 0.5) is 5.69 Å². The van der Waals surface area contributed by atoms with Gasteiger partial charge < -0.3 is 30.1 Å². The first-order valence-electron chi connectivity index (χ1n) is 13.6. The van der Waals surface area contributed by atoms with E-state index >= 15 is 0 Å². The second-order valence-electron chi connectivity index (χ2n) is 10.9. The molecule has 9 nitrogen and oxygen atoms in total. The summed E-state index contributed by atoms with van der Waals surface area (Å²) in [4.78, 5) is 43.0. The predicted octanol–water partition coefficient (Wildman–Crippen LogP) is 2.86. The third-order valence-electron chi connectivity index (χ3n) is 8.36. The van der Waals surface area contributed by atoms with Gasteiger partial charge in [-0.1, -0.05) is 20.3 Å². The molecule has 3 amide bonds. The van der Waals surface area contributed by atoms with Gasteiger partial charge in [-0.25, -0.2) is 0 Å². The number of amides is 3. The molecule has 1 spiro atoms. The Kier molecular flexibility index (Phi) is 7.85. The molecule has 1 aromatic carbocycles. The van der Waals surface area contributed by atoms with Crippen LogP contribution in [0.15, 0.2) is 24.3 Å². The number of carbonyl (C=O) groups is 3. The molecule has 3 N–H and O–H groups in total. The maximum absolute atomic E-state index is 14.0. The zero-order chi connectivity index (χ0) is 27.0. The van der Waals surface area contributed by atoms with Crippen molar-refractivity contribution < 1.29 is 29.0 Å². The van der Waals surface area contributed by atoms with E-state index in [1.165, 1.54) is 4.90 Å². The number of rotatable bonds is 11. The Hall–Kier alpha value is -2.65. The van der Waals surface area contributed by atoms with Crippen LogP contribution in [0.2, 0.25) is 0 Å². The Morgan fingerprint density at radius 3 is 2.49 bits per heavy atom. The van der Waals surface area contributed by atoms with Gasteiger partial charge in [-0.3, -0.25) is 14.4 Å². The number of benzene rings is 1. The van der Waals surface area contributed by atoms with E-state index in [0.717, 1.165) is 12.8 Å². The number of hydrogen-bond acceptors (Lipinski definition) is 6. The fraction of sp³-hybridized carbons (Fsp3) is 0.679. The van der Waals surface area contributed by atoms with Gasteiger partial charge in [0.1, 0.15) is 17.4 Å². The third kappa shape index (κ3) is 4.61. The summed E-state index contributed by atoms with van der Waals surface area (Å²) in [7, 11) is 0. The lowest BCUT2D eigenvalue weighted by molar-refractivity contribution is -0.149. The summed E-state index contributed by atoms with van der Waals surface area (Å²) in [6.07, 6.45) is 3.28. The molecule has 3 aliphatic heterocycles. The van der Waals surface area contributed by atoms with Crippen molar-refractivity contribution in [2.24, 2.45) is 11.8 Å². The number of ether oxygens (including phenoxy) is 2. The van der Waals surface area contributed by atoms with Crippen LogP contribution >= 0.6 is 0 Å². The van der Waals surface area contributed by atoms with Crippen LogP contribution in [-0.2, 0) is 19.1 Å². The fourth-order valence-corrected chi connectivity index (χ4v) is 6.72. The summed E-state index contributed by atoms with van der Waals surface area (Å²) in [5, 5.41) is 16.2. The molecule has 37 heavy (non-hydrogen) atoms. The normalized spacial score (nSPS) is 31.7. The zero-order valence-electron chi connectivity index (χ0n) is 22.6. The first-order valence-corrected chi connectivity index (χ1v) is 13.6. The first-order chi connectivity index (χ1) is 17.7. The van der Waals surface area contributed by atoms with Crippen LogP contribution in [0.25, 0.3) is 0 Å². The molecule has 2 bridgehead atoms. The lowest BCUT2D eigenvalue weighted by atomic mass is 9.66. The van der Waals surface area contributed by atoms with Crippen molar-refractivity contribution in [1.29, 1.82) is 0 Å². The number of carbonyl (C=O) groups excluding carboxylic acids is 3. The lowest BCUT2D eigenvalue weighted by Gasteiger charge is -2.37. The van der Waals surface area contributed by atoms with E-state index in [0.29, 0.717) is 37.3 Å². The summed E-state index contributed by atoms with van der Waals surface area (Å²) in [5.74, 6) is -1.72. The second kappa shape index (κ2) is 10.6. The summed E-state index contributed by atoms with van der Waals surface area (Å²) < 4.78 is 12.1. The van der Waals surface area contributed by atoms with Gasteiger partial charge in [-0.15, -0.1) is 0 Å². The summed E-state index contributed by atoms with van der Waals surface area (Å²) in [6.45, 7) is 9.94. The SMILES string of the molecule is CCCC(C)NC(=O)C1N([C@@H](CC)CO)C(=O)[C@@H]2[C@H](C(=O)Nc3ccc(OCC)cc3)[C@]3(C)CCC12O3. The van der Waals surface area contributed by atoms with Crippen LogP contribution in [0, 0.1) is 11.8 Å². The number of likely N-dealkylation sites (tertiary alicyclic amines) is 1. The van der Waals surface area contributed by atoms with Gasteiger partial charge in [0.2, 0.25) is 17.7 Å². The molecule has 204 valence electrons. The molecule has 0 radical (unpaired) electrons. The van der Waals surface area contributed by atoms with Crippen molar-refractivity contribution in [2.45, 2.75) is 96.1 Å². The number of hydrogen-bond donors (Lipinski definition) is 3. The van der Waals surface area contributed by atoms with Crippen LogP contribution in [-0.4, -0.2) is 70.3 Å². The van der Waals surface area contributed by atoms with E-state index in [2.05, 4.69) is 17.6 Å². The molecule has 3 unspecified atom stereocenters. The van der Waals surface area contributed by atoms with E-state index in [9.17, 15) is 19.5 Å². The monoisotopic (exact) mass is 515 g/mol. The highest BCUT2D eigenvalue weighted by molar-refractivity contribution is 6.02. The van der Waals surface area contributed by atoms with Gasteiger partial charge >= 0.3 is 0 Å². The minimum Gasteiger partial charge on any atom is -0.494 e. The minimum absolute atomic E-state index is 0.0629.